The first kappa shape index (κ1) is 19.8. The lowest BCUT2D eigenvalue weighted by molar-refractivity contribution is -0.257. The van der Waals surface area contributed by atoms with E-state index < -0.39 is 54.6 Å². The molecular formula is C14H20O10. The van der Waals surface area contributed by atoms with Crippen LogP contribution in [-0.4, -0.2) is 66.3 Å². The van der Waals surface area contributed by atoms with Gasteiger partial charge in [-0.05, 0) is 0 Å². The number of carbonyl (C=O) groups is 4. The Labute approximate surface area is 137 Å². The molecule has 0 aromatic carbocycles. The summed E-state index contributed by atoms with van der Waals surface area (Å²) in [7, 11) is 0. The molecule has 136 valence electrons. The maximum atomic E-state index is 11.3. The van der Waals surface area contributed by atoms with Gasteiger partial charge in [0.1, 0.15) is 19.3 Å². The van der Waals surface area contributed by atoms with Crippen molar-refractivity contribution in [1.82, 2.24) is 0 Å². The Morgan fingerprint density at radius 3 is 1.92 bits per heavy atom. The molecule has 0 unspecified atom stereocenters. The van der Waals surface area contributed by atoms with Crippen molar-refractivity contribution >= 4 is 23.9 Å². The third-order valence-electron chi connectivity index (χ3n) is 2.99. The average molecular weight is 348 g/mol. The summed E-state index contributed by atoms with van der Waals surface area (Å²) in [5.74, 6) is -5.11. The number of rotatable bonds is 6. The highest BCUT2D eigenvalue weighted by Gasteiger charge is 2.59. The van der Waals surface area contributed by atoms with E-state index in [1.54, 1.807) is 0 Å². The third kappa shape index (κ3) is 5.46. The molecule has 0 amide bonds. The molecule has 1 rings (SSSR count). The van der Waals surface area contributed by atoms with Crippen molar-refractivity contribution in [3.8, 4) is 0 Å². The summed E-state index contributed by atoms with van der Waals surface area (Å²) in [6.45, 7) is 3.42. The first-order chi connectivity index (χ1) is 11.0. The van der Waals surface area contributed by atoms with Crippen LogP contribution in [-0.2, 0) is 42.9 Å². The number of carbonyl (C=O) groups excluding carboxylic acids is 4. The van der Waals surface area contributed by atoms with Gasteiger partial charge in [0.15, 0.2) is 12.2 Å². The molecule has 0 saturated carbocycles. The SMILES string of the molecule is CC(=O)OC[C@@H]1O[C@](O)(COC(C)=O)[C@@H](OC(C)=O)[C@@H]1OC(C)=O. The summed E-state index contributed by atoms with van der Waals surface area (Å²) in [6, 6.07) is 0. The zero-order valence-corrected chi connectivity index (χ0v) is 13.8. The summed E-state index contributed by atoms with van der Waals surface area (Å²) < 4.78 is 24.9. The number of esters is 4. The van der Waals surface area contributed by atoms with Gasteiger partial charge in [-0.15, -0.1) is 0 Å². The first-order valence-corrected chi connectivity index (χ1v) is 7.06. The highest BCUT2D eigenvalue weighted by Crippen LogP contribution is 2.34. The van der Waals surface area contributed by atoms with Gasteiger partial charge in [-0.1, -0.05) is 0 Å². The second-order valence-corrected chi connectivity index (χ2v) is 5.19. The van der Waals surface area contributed by atoms with E-state index in [0.717, 1.165) is 27.7 Å². The van der Waals surface area contributed by atoms with Crippen LogP contribution in [0.25, 0.3) is 0 Å². The number of hydrogen-bond acceptors (Lipinski definition) is 10. The van der Waals surface area contributed by atoms with Gasteiger partial charge in [0.05, 0.1) is 0 Å². The van der Waals surface area contributed by atoms with Gasteiger partial charge in [0.2, 0.25) is 5.79 Å². The molecule has 0 aromatic heterocycles. The predicted octanol–water partition coefficient (Wildman–Crippen LogP) is -0.937. The number of hydrogen-bond donors (Lipinski definition) is 1. The number of ether oxygens (including phenoxy) is 5. The monoisotopic (exact) mass is 348 g/mol. The zero-order chi connectivity index (χ0) is 18.5. The molecule has 1 saturated heterocycles. The summed E-state index contributed by atoms with van der Waals surface area (Å²) in [5, 5.41) is 10.6. The van der Waals surface area contributed by atoms with Crippen molar-refractivity contribution in [3.63, 3.8) is 0 Å². The molecule has 1 fully saturated rings. The minimum atomic E-state index is -2.26. The van der Waals surface area contributed by atoms with Crippen LogP contribution in [0, 0.1) is 0 Å². The minimum Gasteiger partial charge on any atom is -0.463 e. The van der Waals surface area contributed by atoms with Gasteiger partial charge in [0, 0.05) is 27.7 Å². The van der Waals surface area contributed by atoms with E-state index in [1.807, 2.05) is 0 Å². The van der Waals surface area contributed by atoms with Gasteiger partial charge in [-0.3, -0.25) is 19.2 Å². The lowest BCUT2D eigenvalue weighted by atomic mass is 10.1. The molecule has 0 aromatic rings. The molecule has 1 heterocycles. The van der Waals surface area contributed by atoms with Gasteiger partial charge >= 0.3 is 23.9 Å². The zero-order valence-electron chi connectivity index (χ0n) is 13.8. The van der Waals surface area contributed by atoms with Crippen molar-refractivity contribution in [3.05, 3.63) is 0 Å². The molecule has 10 nitrogen and oxygen atoms in total. The Hall–Kier alpha value is -2.20. The Balaban J connectivity index is 3.07. The van der Waals surface area contributed by atoms with Gasteiger partial charge < -0.3 is 28.8 Å². The van der Waals surface area contributed by atoms with Crippen molar-refractivity contribution in [2.75, 3.05) is 13.2 Å². The van der Waals surface area contributed by atoms with Crippen LogP contribution >= 0.6 is 0 Å². The van der Waals surface area contributed by atoms with E-state index in [1.165, 1.54) is 0 Å². The Kier molecular flexibility index (Phi) is 6.67. The minimum absolute atomic E-state index is 0.368. The molecule has 24 heavy (non-hydrogen) atoms. The Bertz CT molecular complexity index is 516. The maximum absolute atomic E-state index is 11.3. The molecule has 1 aliphatic rings. The van der Waals surface area contributed by atoms with Crippen LogP contribution in [0.15, 0.2) is 0 Å². The average Bonchev–Trinajstić information content (AvgIpc) is 2.68. The second kappa shape index (κ2) is 8.06. The van der Waals surface area contributed by atoms with E-state index in [2.05, 4.69) is 0 Å². The lowest BCUT2D eigenvalue weighted by Gasteiger charge is -2.28. The largest absolute Gasteiger partial charge is 0.463 e. The molecule has 0 bridgehead atoms. The predicted molar refractivity (Wildman–Crippen MR) is 74.2 cm³/mol. The van der Waals surface area contributed by atoms with E-state index >= 15 is 0 Å². The Morgan fingerprint density at radius 1 is 0.917 bits per heavy atom. The topological polar surface area (TPSA) is 135 Å². The van der Waals surface area contributed by atoms with Crippen molar-refractivity contribution in [1.29, 1.82) is 0 Å². The van der Waals surface area contributed by atoms with Crippen LogP contribution in [0.4, 0.5) is 0 Å². The van der Waals surface area contributed by atoms with E-state index in [4.69, 9.17) is 23.7 Å². The fourth-order valence-electron chi connectivity index (χ4n) is 2.16. The first-order valence-electron chi connectivity index (χ1n) is 7.06. The molecule has 0 spiro atoms. The molecular weight excluding hydrogens is 328 g/mol. The van der Waals surface area contributed by atoms with Crippen LogP contribution in [0.1, 0.15) is 27.7 Å². The summed E-state index contributed by atoms with van der Waals surface area (Å²) in [5.41, 5.74) is 0. The fourth-order valence-corrected chi connectivity index (χ4v) is 2.16. The van der Waals surface area contributed by atoms with Gasteiger partial charge in [-0.2, -0.15) is 0 Å². The van der Waals surface area contributed by atoms with Crippen LogP contribution in [0.2, 0.25) is 0 Å². The van der Waals surface area contributed by atoms with Crippen molar-refractivity contribution in [2.45, 2.75) is 51.8 Å². The van der Waals surface area contributed by atoms with Gasteiger partial charge in [0.25, 0.3) is 0 Å². The number of aliphatic hydroxyl groups is 1. The standard InChI is InChI=1S/C14H20O10/c1-7(15)20-5-11-12(22-9(3)17)13(23-10(4)18)14(19,24-11)6-21-8(2)16/h11-13,19H,5-6H2,1-4H3/t11-,12+,13-,14+/m0/s1. The highest BCUT2D eigenvalue weighted by atomic mass is 16.7. The summed E-state index contributed by atoms with van der Waals surface area (Å²) in [4.78, 5) is 44.5. The maximum Gasteiger partial charge on any atom is 0.303 e. The smallest absolute Gasteiger partial charge is 0.303 e. The van der Waals surface area contributed by atoms with Crippen LogP contribution < -0.4 is 0 Å². The molecule has 0 radical (unpaired) electrons. The molecule has 0 aliphatic carbocycles. The quantitative estimate of drug-likeness (QED) is 0.473. The van der Waals surface area contributed by atoms with Crippen LogP contribution in [0.3, 0.4) is 0 Å². The van der Waals surface area contributed by atoms with Gasteiger partial charge in [-0.25, -0.2) is 0 Å². The summed E-state index contributed by atoms with van der Waals surface area (Å²) >= 11 is 0. The lowest BCUT2D eigenvalue weighted by Crippen LogP contribution is -2.50. The Morgan fingerprint density at radius 2 is 1.46 bits per heavy atom. The van der Waals surface area contributed by atoms with E-state index in [9.17, 15) is 24.3 Å². The van der Waals surface area contributed by atoms with E-state index in [-0.39, 0.29) is 6.61 Å². The second-order valence-electron chi connectivity index (χ2n) is 5.19. The third-order valence-corrected chi connectivity index (χ3v) is 2.99. The summed E-state index contributed by atoms with van der Waals surface area (Å²) in [6.07, 6.45) is -3.85. The molecule has 4 atom stereocenters. The molecule has 1 N–H and O–H groups in total. The van der Waals surface area contributed by atoms with Crippen molar-refractivity contribution in [2.24, 2.45) is 0 Å². The van der Waals surface area contributed by atoms with E-state index in [0.29, 0.717) is 0 Å². The highest BCUT2D eigenvalue weighted by molar-refractivity contribution is 5.68. The molecule has 10 heteroatoms. The van der Waals surface area contributed by atoms with Crippen LogP contribution in [0.5, 0.6) is 0 Å². The molecule has 1 aliphatic heterocycles. The fraction of sp³-hybridized carbons (Fsp3) is 0.714. The normalized spacial score (nSPS) is 28.8. The van der Waals surface area contributed by atoms with Crippen molar-refractivity contribution < 1.29 is 48.0 Å².